The van der Waals surface area contributed by atoms with Crippen LogP contribution in [0.25, 0.3) is 0 Å². The number of hydrogen-bond donors (Lipinski definition) is 0. The smallest absolute Gasteiger partial charge is 0.299 e. The van der Waals surface area contributed by atoms with Gasteiger partial charge in [0.05, 0.1) is 0 Å². The second-order valence-electron chi connectivity index (χ2n) is 5.19. The van der Waals surface area contributed by atoms with Gasteiger partial charge in [-0.2, -0.15) is 4.20 Å². The zero-order chi connectivity index (χ0) is 15.1. The van der Waals surface area contributed by atoms with Crippen LogP contribution < -0.4 is 0 Å². The van der Waals surface area contributed by atoms with E-state index < -0.39 is 7.75 Å². The monoisotopic (exact) mass is 283 g/mol. The van der Waals surface area contributed by atoms with Crippen LogP contribution in [0.1, 0.15) is 34.6 Å². The first-order valence-electron chi connectivity index (χ1n) is 6.39. The van der Waals surface area contributed by atoms with Gasteiger partial charge < -0.3 is 0 Å². The van der Waals surface area contributed by atoms with Crippen molar-refractivity contribution in [3.05, 3.63) is 0 Å². The van der Waals surface area contributed by atoms with E-state index in [1.807, 2.05) is 0 Å². The average Bonchev–Trinajstić information content (AvgIpc) is 2.17. The summed E-state index contributed by atoms with van der Waals surface area (Å²) in [6.45, 7) is 12.3. The molecule has 0 atom stereocenters. The Morgan fingerprint density at radius 1 is 0.944 bits per heavy atom. The maximum Gasteiger partial charge on any atom is 0.381 e. The maximum absolute atomic E-state index is 12.7. The molecule has 18 heavy (non-hydrogen) atoms. The number of rotatable bonds is 5. The van der Waals surface area contributed by atoms with E-state index in [2.05, 4.69) is 39.5 Å². The van der Waals surface area contributed by atoms with Crippen molar-refractivity contribution in [3.8, 4) is 0 Å². The first kappa shape index (κ1) is 20.4. The lowest BCUT2D eigenvalue weighted by Gasteiger charge is -2.28. The summed E-state index contributed by atoms with van der Waals surface area (Å²) in [5, 5.41) is 0. The minimum Gasteiger partial charge on any atom is -0.299 e. The first-order chi connectivity index (χ1) is 7.98. The molecule has 0 bridgehead atoms. The highest BCUT2D eigenvalue weighted by Crippen LogP contribution is 2.50. The minimum atomic E-state index is -3.67. The Kier molecular flexibility index (Phi) is 10.2. The van der Waals surface area contributed by atoms with Gasteiger partial charge >= 0.3 is 7.75 Å². The van der Waals surface area contributed by atoms with Crippen molar-refractivity contribution in [3.63, 3.8) is 0 Å². The van der Waals surface area contributed by atoms with Gasteiger partial charge in [-0.1, -0.05) is 6.92 Å². The summed E-state index contributed by atoms with van der Waals surface area (Å²) in [6.07, 6.45) is 0. The van der Waals surface area contributed by atoms with Crippen molar-refractivity contribution in [2.75, 3.05) is 34.7 Å². The molecule has 0 fully saturated rings. The molecule has 0 heterocycles. The molecule has 0 saturated carbocycles. The summed E-state index contributed by atoms with van der Waals surface area (Å²) in [4.78, 5) is 2.46. The summed E-state index contributed by atoms with van der Waals surface area (Å²) in [5.41, 5.74) is 0. The fourth-order valence-electron chi connectivity index (χ4n) is 1.68. The second kappa shape index (κ2) is 9.03. The topological polar surface area (TPSA) is 26.8 Å². The quantitative estimate of drug-likeness (QED) is 0.723. The lowest BCUT2D eigenvalue weighted by atomic mass is 10.2. The Labute approximate surface area is 113 Å². The summed E-state index contributed by atoms with van der Waals surface area (Å²) in [5.74, 6) is 0. The molecule has 0 saturated heterocycles. The van der Waals surface area contributed by atoms with Crippen LogP contribution in [-0.4, -0.2) is 61.1 Å². The molecule has 0 aromatic heterocycles. The lowest BCUT2D eigenvalue weighted by Crippen LogP contribution is -2.36. The van der Waals surface area contributed by atoms with Crippen LogP contribution in [0, 0.1) is 0 Å². The van der Waals surface area contributed by atoms with Crippen LogP contribution in [0.5, 0.6) is 0 Å². The zero-order valence-electron chi connectivity index (χ0n) is 13.4. The SMILES string of the molecule is CCN(C(C)C)C(C)C.CN(C)P(=O)(F)N(C)C. The normalized spacial score (nSPS) is 12.6. The highest BCUT2D eigenvalue weighted by Gasteiger charge is 2.26. The number of nitrogens with zero attached hydrogens (tertiary/aromatic N) is 3. The second-order valence-corrected chi connectivity index (χ2v) is 7.73. The highest BCUT2D eigenvalue weighted by molar-refractivity contribution is 7.53. The van der Waals surface area contributed by atoms with Gasteiger partial charge in [-0.15, -0.1) is 0 Å². The van der Waals surface area contributed by atoms with Crippen LogP contribution in [0.15, 0.2) is 0 Å². The van der Waals surface area contributed by atoms with Gasteiger partial charge in [0.15, 0.2) is 0 Å². The van der Waals surface area contributed by atoms with E-state index in [4.69, 9.17) is 0 Å². The van der Waals surface area contributed by atoms with Gasteiger partial charge in [0, 0.05) is 12.1 Å². The third kappa shape index (κ3) is 7.47. The Bertz CT molecular complexity index is 238. The fourth-order valence-corrected chi connectivity index (χ4v) is 2.40. The Morgan fingerprint density at radius 3 is 1.22 bits per heavy atom. The fraction of sp³-hybridized carbons (Fsp3) is 1.00. The van der Waals surface area contributed by atoms with Crippen LogP contribution >= 0.6 is 7.75 Å². The Morgan fingerprint density at radius 2 is 1.22 bits per heavy atom. The standard InChI is InChI=1S/C8H19N.C4H12FN2OP/c1-6-9(7(2)3)8(4)5;1-6(2)9(5,8)7(3)4/h7-8H,6H2,1-5H3;1-4H3. The molecule has 0 amide bonds. The molecule has 112 valence electrons. The average molecular weight is 283 g/mol. The molecule has 0 rings (SSSR count). The zero-order valence-corrected chi connectivity index (χ0v) is 14.3. The molecular weight excluding hydrogens is 252 g/mol. The predicted octanol–water partition coefficient (Wildman–Crippen LogP) is 3.31. The van der Waals surface area contributed by atoms with Gasteiger partial charge in [-0.3, -0.25) is 9.46 Å². The summed E-state index contributed by atoms with van der Waals surface area (Å²) >= 11 is 0. The van der Waals surface area contributed by atoms with Crippen molar-refractivity contribution in [1.29, 1.82) is 0 Å². The van der Waals surface area contributed by atoms with Crippen LogP contribution in [-0.2, 0) is 4.57 Å². The molecule has 0 aromatic rings. The molecule has 6 heteroatoms. The number of hydrogen-bond acceptors (Lipinski definition) is 2. The maximum atomic E-state index is 12.7. The van der Waals surface area contributed by atoms with Crippen LogP contribution in [0.2, 0.25) is 0 Å². The van der Waals surface area contributed by atoms with E-state index in [-0.39, 0.29) is 0 Å². The van der Waals surface area contributed by atoms with Crippen LogP contribution in [0.4, 0.5) is 4.20 Å². The molecule has 4 nitrogen and oxygen atoms in total. The summed E-state index contributed by atoms with van der Waals surface area (Å²) in [6, 6.07) is 1.38. The predicted molar refractivity (Wildman–Crippen MR) is 78.7 cm³/mol. The molecule has 0 aromatic carbocycles. The molecule has 0 aliphatic carbocycles. The van der Waals surface area contributed by atoms with Crippen molar-refractivity contribution >= 4 is 7.75 Å². The van der Waals surface area contributed by atoms with Crippen LogP contribution in [0.3, 0.4) is 0 Å². The van der Waals surface area contributed by atoms with Gasteiger partial charge in [-0.25, -0.2) is 9.34 Å². The van der Waals surface area contributed by atoms with Gasteiger partial charge in [0.2, 0.25) is 0 Å². The highest BCUT2D eigenvalue weighted by atomic mass is 31.2. The van der Waals surface area contributed by atoms with Gasteiger partial charge in [0.1, 0.15) is 0 Å². The first-order valence-corrected chi connectivity index (χ1v) is 7.89. The van der Waals surface area contributed by atoms with E-state index >= 15 is 0 Å². The molecule has 0 spiro atoms. The third-order valence-electron chi connectivity index (χ3n) is 2.68. The number of halogens is 1. The van der Waals surface area contributed by atoms with E-state index in [9.17, 15) is 8.76 Å². The molecule has 0 aliphatic rings. The molecule has 0 radical (unpaired) electrons. The molecule has 0 aliphatic heterocycles. The van der Waals surface area contributed by atoms with Crippen molar-refractivity contribution in [1.82, 2.24) is 14.2 Å². The minimum absolute atomic E-state index is 0.690. The van der Waals surface area contributed by atoms with Gasteiger partial charge in [0.25, 0.3) is 0 Å². The van der Waals surface area contributed by atoms with E-state index in [0.29, 0.717) is 12.1 Å². The summed E-state index contributed by atoms with van der Waals surface area (Å²) < 4.78 is 25.7. The van der Waals surface area contributed by atoms with E-state index in [1.54, 1.807) is 0 Å². The molecular formula is C12H31FN3OP. The molecule has 0 unspecified atom stereocenters. The summed E-state index contributed by atoms with van der Waals surface area (Å²) in [7, 11) is 2.11. The third-order valence-corrected chi connectivity index (χ3v) is 4.65. The van der Waals surface area contributed by atoms with E-state index in [0.717, 1.165) is 15.9 Å². The Hall–Kier alpha value is 0.0400. The lowest BCUT2D eigenvalue weighted by molar-refractivity contribution is 0.185. The van der Waals surface area contributed by atoms with Crippen molar-refractivity contribution < 1.29 is 8.76 Å². The van der Waals surface area contributed by atoms with Gasteiger partial charge in [-0.05, 0) is 62.4 Å². The van der Waals surface area contributed by atoms with E-state index in [1.165, 1.54) is 28.2 Å². The largest absolute Gasteiger partial charge is 0.381 e. The van der Waals surface area contributed by atoms with Crippen molar-refractivity contribution in [2.45, 2.75) is 46.7 Å². The molecule has 0 N–H and O–H groups in total. The van der Waals surface area contributed by atoms with Crippen molar-refractivity contribution in [2.24, 2.45) is 0 Å². The Balaban J connectivity index is 0.